The number of phenols is 2. The number of rotatable bonds is 7. The maximum Gasteiger partial charge on any atom is 0.262 e. The molecule has 0 saturated carbocycles. The number of hydrogen-bond acceptors (Lipinski definition) is 6. The Morgan fingerprint density at radius 2 is 2.08 bits per heavy atom. The van der Waals surface area contributed by atoms with Crippen molar-refractivity contribution in [3.05, 3.63) is 47.5 Å². The summed E-state index contributed by atoms with van der Waals surface area (Å²) in [4.78, 5) is 11.4. The van der Waals surface area contributed by atoms with Gasteiger partial charge in [0.2, 0.25) is 0 Å². The molecule has 1 unspecified atom stereocenters. The van der Waals surface area contributed by atoms with E-state index < -0.39 is 6.10 Å². The van der Waals surface area contributed by atoms with Crippen LogP contribution in [0.15, 0.2) is 36.4 Å². The van der Waals surface area contributed by atoms with Gasteiger partial charge < -0.3 is 30.7 Å². The Bertz CT molecular complexity index is 793. The molecule has 0 radical (unpaired) electrons. The maximum absolute atomic E-state index is 11.4. The van der Waals surface area contributed by atoms with Gasteiger partial charge in [-0.05, 0) is 49.2 Å². The van der Waals surface area contributed by atoms with Gasteiger partial charge in [-0.25, -0.2) is 0 Å². The summed E-state index contributed by atoms with van der Waals surface area (Å²) < 4.78 is 5.38. The fourth-order valence-corrected chi connectivity index (χ4v) is 2.92. The lowest BCUT2D eigenvalue weighted by Crippen LogP contribution is -2.28. The highest BCUT2D eigenvalue weighted by molar-refractivity contribution is 5.97. The summed E-state index contributed by atoms with van der Waals surface area (Å²) in [6, 6.07) is 10.2. The molecule has 1 amide bonds. The molecule has 7 heteroatoms. The fourth-order valence-electron chi connectivity index (χ4n) is 2.92. The molecule has 2 aromatic rings. The van der Waals surface area contributed by atoms with Gasteiger partial charge in [-0.3, -0.25) is 4.79 Å². The number of anilines is 1. The summed E-state index contributed by atoms with van der Waals surface area (Å²) in [5, 5.41) is 35.4. The van der Waals surface area contributed by atoms with E-state index in [9.17, 15) is 20.1 Å². The number of nitrogens with one attached hydrogen (secondary N) is 2. The number of carbonyl (C=O) groups excluding carboxylic acids is 1. The van der Waals surface area contributed by atoms with Gasteiger partial charge >= 0.3 is 0 Å². The van der Waals surface area contributed by atoms with Crippen molar-refractivity contribution in [2.75, 3.05) is 25.0 Å². The summed E-state index contributed by atoms with van der Waals surface area (Å²) in [6.07, 6.45) is 0.845. The van der Waals surface area contributed by atoms with E-state index in [1.807, 2.05) is 12.1 Å². The average Bonchev–Trinajstić information content (AvgIpc) is 2.62. The molecule has 0 spiro atoms. The van der Waals surface area contributed by atoms with Gasteiger partial charge in [0, 0.05) is 12.1 Å². The topological polar surface area (TPSA) is 111 Å². The number of aliphatic hydroxyl groups excluding tert-OH is 1. The van der Waals surface area contributed by atoms with Crippen molar-refractivity contribution in [1.29, 1.82) is 0 Å². The van der Waals surface area contributed by atoms with Gasteiger partial charge in [0.25, 0.3) is 5.91 Å². The van der Waals surface area contributed by atoms with Crippen LogP contribution in [0.5, 0.6) is 17.2 Å². The number of fused-ring (bicyclic) bond motifs is 1. The lowest BCUT2D eigenvalue weighted by molar-refractivity contribution is -0.118. The minimum absolute atomic E-state index is 0.0944. The van der Waals surface area contributed by atoms with E-state index in [2.05, 4.69) is 10.6 Å². The van der Waals surface area contributed by atoms with Crippen LogP contribution in [0.3, 0.4) is 0 Å². The molecule has 1 aliphatic heterocycles. The van der Waals surface area contributed by atoms with Crippen molar-refractivity contribution in [3.8, 4) is 17.2 Å². The van der Waals surface area contributed by atoms with E-state index in [1.165, 1.54) is 6.07 Å². The number of amides is 1. The Labute approximate surface area is 151 Å². The fraction of sp³-hybridized carbons (Fsp3) is 0.316. The summed E-state index contributed by atoms with van der Waals surface area (Å²) in [5.41, 5.74) is 1.77. The van der Waals surface area contributed by atoms with Crippen LogP contribution >= 0.6 is 0 Å². The Morgan fingerprint density at radius 3 is 2.88 bits per heavy atom. The van der Waals surface area contributed by atoms with Crippen molar-refractivity contribution in [1.82, 2.24) is 5.32 Å². The first-order chi connectivity index (χ1) is 12.5. The number of aliphatic hydroxyl groups is 1. The Morgan fingerprint density at radius 1 is 1.23 bits per heavy atom. The number of aromatic hydroxyl groups is 2. The molecule has 0 aliphatic carbocycles. The molecule has 3 rings (SSSR count). The van der Waals surface area contributed by atoms with Crippen LogP contribution in [0.25, 0.3) is 0 Å². The number of aryl methyl sites for hydroxylation is 1. The number of hydrogen-bond donors (Lipinski definition) is 5. The molecule has 0 bridgehead atoms. The number of benzene rings is 2. The normalized spacial score (nSPS) is 14.3. The van der Waals surface area contributed by atoms with Gasteiger partial charge in [-0.1, -0.05) is 12.1 Å². The largest absolute Gasteiger partial charge is 0.508 e. The van der Waals surface area contributed by atoms with Crippen LogP contribution in [0, 0.1) is 0 Å². The zero-order chi connectivity index (χ0) is 18.5. The Balaban J connectivity index is 1.52. The summed E-state index contributed by atoms with van der Waals surface area (Å²) in [5.74, 6) is 0.126. The third-order valence-corrected chi connectivity index (χ3v) is 4.20. The number of ether oxygens (including phenoxy) is 1. The Hall–Kier alpha value is -2.77. The summed E-state index contributed by atoms with van der Waals surface area (Å²) in [7, 11) is 0. The Kier molecular flexibility index (Phi) is 5.60. The molecule has 1 heterocycles. The zero-order valence-electron chi connectivity index (χ0n) is 14.2. The minimum atomic E-state index is -0.833. The van der Waals surface area contributed by atoms with Crippen molar-refractivity contribution in [3.63, 3.8) is 0 Å². The molecule has 26 heavy (non-hydrogen) atoms. The first-order valence-corrected chi connectivity index (χ1v) is 8.50. The van der Waals surface area contributed by atoms with E-state index in [-0.39, 0.29) is 29.7 Å². The van der Waals surface area contributed by atoms with Crippen molar-refractivity contribution in [2.24, 2.45) is 0 Å². The van der Waals surface area contributed by atoms with Gasteiger partial charge in [0.15, 0.2) is 12.4 Å². The third-order valence-electron chi connectivity index (χ3n) is 4.20. The van der Waals surface area contributed by atoms with Crippen LogP contribution in [-0.2, 0) is 11.2 Å². The summed E-state index contributed by atoms with van der Waals surface area (Å²) >= 11 is 0. The molecule has 0 fully saturated rings. The van der Waals surface area contributed by atoms with Crippen LogP contribution < -0.4 is 15.4 Å². The molecular weight excluding hydrogens is 336 g/mol. The second kappa shape index (κ2) is 8.07. The molecule has 0 aromatic heterocycles. The summed E-state index contributed by atoms with van der Waals surface area (Å²) in [6.45, 7) is 0.868. The smallest absolute Gasteiger partial charge is 0.262 e. The maximum atomic E-state index is 11.4. The standard InChI is InChI=1S/C19H22N2O5/c22-13-5-1-3-12(9-13)4-2-8-20-10-16(24)14-6-7-15(23)18-19(14)26-11-17(25)21-18/h1,3,5-7,9,16,20,22-24H,2,4,8,10-11H2,(H,21,25). The SMILES string of the molecule is O=C1COc2c(C(O)CNCCCc3cccc(O)c3)ccc(O)c2N1. The average molecular weight is 358 g/mol. The van der Waals surface area contributed by atoms with E-state index in [0.29, 0.717) is 24.4 Å². The highest BCUT2D eigenvalue weighted by Gasteiger charge is 2.25. The van der Waals surface area contributed by atoms with Crippen LogP contribution in [0.2, 0.25) is 0 Å². The second-order valence-corrected chi connectivity index (χ2v) is 6.21. The predicted octanol–water partition coefficient (Wildman–Crippen LogP) is 1.68. The van der Waals surface area contributed by atoms with Gasteiger partial charge in [-0.2, -0.15) is 0 Å². The van der Waals surface area contributed by atoms with Gasteiger partial charge in [-0.15, -0.1) is 0 Å². The highest BCUT2D eigenvalue weighted by Crippen LogP contribution is 2.41. The van der Waals surface area contributed by atoms with Crippen molar-refractivity contribution >= 4 is 11.6 Å². The molecule has 2 aromatic carbocycles. The second-order valence-electron chi connectivity index (χ2n) is 6.21. The van der Waals surface area contributed by atoms with E-state index in [0.717, 1.165) is 18.4 Å². The predicted molar refractivity (Wildman–Crippen MR) is 96.5 cm³/mol. The zero-order valence-corrected chi connectivity index (χ0v) is 14.2. The van der Waals surface area contributed by atoms with Gasteiger partial charge in [0.05, 0.1) is 6.10 Å². The molecule has 7 nitrogen and oxygen atoms in total. The van der Waals surface area contributed by atoms with Crippen molar-refractivity contribution < 1.29 is 24.9 Å². The van der Waals surface area contributed by atoms with Crippen LogP contribution in [0.1, 0.15) is 23.7 Å². The molecule has 138 valence electrons. The van der Waals surface area contributed by atoms with Crippen LogP contribution in [-0.4, -0.2) is 40.9 Å². The molecular formula is C19H22N2O5. The third kappa shape index (κ3) is 4.25. The highest BCUT2D eigenvalue weighted by atomic mass is 16.5. The molecule has 0 saturated heterocycles. The molecule has 1 aliphatic rings. The van der Waals surface area contributed by atoms with E-state index in [4.69, 9.17) is 4.74 Å². The first kappa shape index (κ1) is 18.0. The minimum Gasteiger partial charge on any atom is -0.508 e. The van der Waals surface area contributed by atoms with Gasteiger partial charge in [0.1, 0.15) is 17.2 Å². The first-order valence-electron chi connectivity index (χ1n) is 8.50. The van der Waals surface area contributed by atoms with E-state index >= 15 is 0 Å². The van der Waals surface area contributed by atoms with E-state index in [1.54, 1.807) is 18.2 Å². The van der Waals surface area contributed by atoms with Crippen LogP contribution in [0.4, 0.5) is 5.69 Å². The molecule has 5 N–H and O–H groups in total. The number of carbonyl (C=O) groups is 1. The lowest BCUT2D eigenvalue weighted by atomic mass is 10.0. The quantitative estimate of drug-likeness (QED) is 0.380. The molecule has 1 atom stereocenters. The van der Waals surface area contributed by atoms with Crippen molar-refractivity contribution in [2.45, 2.75) is 18.9 Å². The monoisotopic (exact) mass is 358 g/mol. The number of phenolic OH excluding ortho intramolecular Hbond substituents is 2. The lowest BCUT2D eigenvalue weighted by Gasteiger charge is -2.23.